The number of para-hydroxylation sites is 1. The highest BCUT2D eigenvalue weighted by molar-refractivity contribution is 14.1. The van der Waals surface area contributed by atoms with Gasteiger partial charge in [-0.15, -0.1) is 12.4 Å². The Bertz CT molecular complexity index is 946. The summed E-state index contributed by atoms with van der Waals surface area (Å²) >= 11 is 10.0. The van der Waals surface area contributed by atoms with Crippen LogP contribution in [0.15, 0.2) is 42.5 Å². The lowest BCUT2D eigenvalue weighted by Crippen LogP contribution is -2.39. The van der Waals surface area contributed by atoms with Gasteiger partial charge in [0, 0.05) is 16.7 Å². The zero-order valence-corrected chi connectivity index (χ0v) is 20.2. The van der Waals surface area contributed by atoms with Gasteiger partial charge in [0.15, 0.2) is 5.13 Å². The molecular weight excluding hydrogens is 528 g/mol. The summed E-state index contributed by atoms with van der Waals surface area (Å²) in [6.07, 6.45) is 0. The average molecular weight is 550 g/mol. The summed E-state index contributed by atoms with van der Waals surface area (Å²) in [4.78, 5) is 22.1. The van der Waals surface area contributed by atoms with Crippen molar-refractivity contribution >= 4 is 79.2 Å². The molecule has 150 valence electrons. The molecule has 0 atom stereocenters. The topological polar surface area (TPSA) is 36.4 Å². The van der Waals surface area contributed by atoms with Crippen molar-refractivity contribution in [3.8, 4) is 0 Å². The van der Waals surface area contributed by atoms with Crippen LogP contribution >= 0.6 is 57.9 Å². The number of amides is 1. The maximum Gasteiger partial charge on any atom is 0.261 e. The number of likely N-dealkylation sites (N-methyl/N-ethyl adjacent to an activating group) is 1. The molecule has 0 saturated carbocycles. The van der Waals surface area contributed by atoms with Gasteiger partial charge in [0.2, 0.25) is 0 Å². The zero-order valence-electron chi connectivity index (χ0n) is 15.7. The van der Waals surface area contributed by atoms with Crippen LogP contribution in [-0.2, 0) is 0 Å². The number of carbonyl (C=O) groups excluding carboxylic acids is 1. The number of benzene rings is 2. The number of nitrogens with zero attached hydrogens (tertiary/aromatic N) is 3. The summed E-state index contributed by atoms with van der Waals surface area (Å²) in [5, 5.41) is 1.30. The van der Waals surface area contributed by atoms with Crippen LogP contribution in [0.3, 0.4) is 0 Å². The summed E-state index contributed by atoms with van der Waals surface area (Å²) in [6.45, 7) is 7.55. The summed E-state index contributed by atoms with van der Waals surface area (Å²) in [5.74, 6) is -0.0256. The first-order valence-corrected chi connectivity index (χ1v) is 11.2. The predicted octanol–water partition coefficient (Wildman–Crippen LogP) is 5.96. The van der Waals surface area contributed by atoms with Gasteiger partial charge in [-0.25, -0.2) is 4.98 Å². The number of hydrogen-bond donors (Lipinski definition) is 0. The monoisotopic (exact) mass is 549 g/mol. The minimum absolute atomic E-state index is 0. The molecular formula is C20H22Cl2IN3OS. The number of fused-ring (bicyclic) bond motifs is 1. The zero-order chi connectivity index (χ0) is 19.4. The van der Waals surface area contributed by atoms with E-state index in [1.807, 2.05) is 42.5 Å². The molecule has 0 unspecified atom stereocenters. The molecule has 2 aromatic carbocycles. The first-order valence-electron chi connectivity index (χ1n) is 8.89. The summed E-state index contributed by atoms with van der Waals surface area (Å²) in [7, 11) is 0. The van der Waals surface area contributed by atoms with Gasteiger partial charge in [-0.1, -0.05) is 55.0 Å². The minimum Gasteiger partial charge on any atom is -0.302 e. The second-order valence-electron chi connectivity index (χ2n) is 6.05. The van der Waals surface area contributed by atoms with Gasteiger partial charge in [0.25, 0.3) is 5.91 Å². The van der Waals surface area contributed by atoms with Crippen molar-refractivity contribution in [2.24, 2.45) is 0 Å². The molecule has 0 bridgehead atoms. The average Bonchev–Trinajstić information content (AvgIpc) is 3.10. The van der Waals surface area contributed by atoms with Crippen LogP contribution in [0, 0.1) is 3.57 Å². The second kappa shape index (κ2) is 10.7. The van der Waals surface area contributed by atoms with Crippen LogP contribution in [0.1, 0.15) is 24.2 Å². The number of thiazole rings is 1. The maximum atomic E-state index is 13.4. The molecule has 0 aliphatic carbocycles. The summed E-state index contributed by atoms with van der Waals surface area (Å²) in [6, 6.07) is 13.4. The van der Waals surface area contributed by atoms with Gasteiger partial charge in [-0.05, 0) is 59.9 Å². The minimum atomic E-state index is -0.0256. The molecule has 8 heteroatoms. The Morgan fingerprint density at radius 2 is 1.82 bits per heavy atom. The van der Waals surface area contributed by atoms with Crippen molar-refractivity contribution in [2.75, 3.05) is 31.1 Å². The molecule has 0 saturated heterocycles. The smallest absolute Gasteiger partial charge is 0.261 e. The first-order chi connectivity index (χ1) is 13.0. The van der Waals surface area contributed by atoms with Crippen LogP contribution < -0.4 is 4.90 Å². The van der Waals surface area contributed by atoms with E-state index in [0.717, 1.165) is 33.4 Å². The first kappa shape index (κ1) is 23.3. The predicted molar refractivity (Wildman–Crippen MR) is 131 cm³/mol. The lowest BCUT2D eigenvalue weighted by molar-refractivity contribution is 0.0983. The lowest BCUT2D eigenvalue weighted by atomic mass is 10.2. The maximum absolute atomic E-state index is 13.4. The van der Waals surface area contributed by atoms with Crippen molar-refractivity contribution in [3.63, 3.8) is 0 Å². The molecule has 1 aromatic heterocycles. The van der Waals surface area contributed by atoms with Crippen molar-refractivity contribution in [2.45, 2.75) is 13.8 Å². The van der Waals surface area contributed by atoms with Gasteiger partial charge in [0.05, 0.1) is 15.3 Å². The summed E-state index contributed by atoms with van der Waals surface area (Å²) in [5.41, 5.74) is 1.45. The number of halogens is 3. The van der Waals surface area contributed by atoms with Crippen molar-refractivity contribution < 1.29 is 4.79 Å². The number of anilines is 1. The molecule has 0 aliphatic rings. The quantitative estimate of drug-likeness (QED) is 0.341. The Hall–Kier alpha value is -0.930. The van der Waals surface area contributed by atoms with E-state index in [9.17, 15) is 4.79 Å². The summed E-state index contributed by atoms with van der Waals surface area (Å²) < 4.78 is 1.92. The van der Waals surface area contributed by atoms with Crippen molar-refractivity contribution in [1.29, 1.82) is 0 Å². The van der Waals surface area contributed by atoms with E-state index >= 15 is 0 Å². The fourth-order valence-electron chi connectivity index (χ4n) is 2.86. The SMILES string of the molecule is CCN(CC)CCN(C(=O)c1ccccc1I)c1nc2c(Cl)cccc2s1.Cl. The second-order valence-corrected chi connectivity index (χ2v) is 8.63. The van der Waals surface area contributed by atoms with E-state index in [4.69, 9.17) is 11.6 Å². The van der Waals surface area contributed by atoms with Crippen LogP contribution in [0.5, 0.6) is 0 Å². The highest BCUT2D eigenvalue weighted by Crippen LogP contribution is 2.33. The Kier molecular flexibility index (Phi) is 8.95. The lowest BCUT2D eigenvalue weighted by Gasteiger charge is -2.25. The Balaban J connectivity index is 0.00000280. The largest absolute Gasteiger partial charge is 0.302 e. The molecule has 0 aliphatic heterocycles. The Morgan fingerprint density at radius 1 is 1.11 bits per heavy atom. The highest BCUT2D eigenvalue weighted by atomic mass is 127. The number of hydrogen-bond acceptors (Lipinski definition) is 4. The van der Waals surface area contributed by atoms with Gasteiger partial charge >= 0.3 is 0 Å². The normalized spacial score (nSPS) is 10.9. The third-order valence-electron chi connectivity index (χ3n) is 4.47. The molecule has 3 aromatic rings. The number of carbonyl (C=O) groups is 1. The fraction of sp³-hybridized carbons (Fsp3) is 0.300. The van der Waals surface area contributed by atoms with E-state index in [-0.39, 0.29) is 18.3 Å². The third-order valence-corrected chi connectivity index (χ3v) is 6.76. The molecule has 1 amide bonds. The van der Waals surface area contributed by atoms with Crippen LogP contribution in [-0.4, -0.2) is 42.0 Å². The van der Waals surface area contributed by atoms with Gasteiger partial charge in [-0.2, -0.15) is 0 Å². The third kappa shape index (κ3) is 5.16. The van der Waals surface area contributed by atoms with Crippen molar-refractivity contribution in [1.82, 2.24) is 9.88 Å². The Labute approximate surface area is 194 Å². The molecule has 1 heterocycles. The van der Waals surface area contributed by atoms with E-state index < -0.39 is 0 Å². The Morgan fingerprint density at radius 3 is 2.46 bits per heavy atom. The van der Waals surface area contributed by atoms with E-state index in [2.05, 4.69) is 46.3 Å². The number of rotatable bonds is 7. The molecule has 0 N–H and O–H groups in total. The molecule has 28 heavy (non-hydrogen) atoms. The van der Waals surface area contributed by atoms with Crippen molar-refractivity contribution in [3.05, 3.63) is 56.6 Å². The van der Waals surface area contributed by atoms with Gasteiger partial charge in [-0.3, -0.25) is 9.69 Å². The standard InChI is InChI=1S/C20H21ClIN3OS.ClH/c1-3-24(4-2)12-13-25(19(26)14-8-5-6-10-16(14)22)20-23-18-15(21)9-7-11-17(18)27-20;/h5-11H,3-4,12-13H2,1-2H3;1H. The number of aromatic nitrogens is 1. The molecule has 0 fully saturated rings. The van der Waals surface area contributed by atoms with E-state index in [0.29, 0.717) is 22.3 Å². The van der Waals surface area contributed by atoms with E-state index in [1.165, 1.54) is 11.3 Å². The van der Waals surface area contributed by atoms with Crippen LogP contribution in [0.2, 0.25) is 5.02 Å². The fourth-order valence-corrected chi connectivity index (χ4v) is 4.77. The van der Waals surface area contributed by atoms with Gasteiger partial charge in [0.1, 0.15) is 5.52 Å². The van der Waals surface area contributed by atoms with E-state index in [1.54, 1.807) is 4.90 Å². The van der Waals surface area contributed by atoms with Gasteiger partial charge < -0.3 is 4.90 Å². The molecule has 4 nitrogen and oxygen atoms in total. The molecule has 0 radical (unpaired) electrons. The molecule has 0 spiro atoms. The molecule has 3 rings (SSSR count). The van der Waals surface area contributed by atoms with Crippen LogP contribution in [0.25, 0.3) is 10.2 Å². The highest BCUT2D eigenvalue weighted by Gasteiger charge is 2.23. The van der Waals surface area contributed by atoms with Crippen LogP contribution in [0.4, 0.5) is 5.13 Å².